The first-order chi connectivity index (χ1) is 20.0. The van der Waals surface area contributed by atoms with Gasteiger partial charge in [0.05, 0.1) is 16.7 Å². The molecule has 1 heterocycles. The average Bonchev–Trinajstić information content (AvgIpc) is 3.15. The van der Waals surface area contributed by atoms with Crippen molar-refractivity contribution in [2.45, 2.75) is 89.6 Å². The third kappa shape index (κ3) is 9.03. The van der Waals surface area contributed by atoms with Gasteiger partial charge in [-0.3, -0.25) is 9.59 Å². The highest BCUT2D eigenvalue weighted by atomic mass is 32.2. The predicted molar refractivity (Wildman–Crippen MR) is 160 cm³/mol. The summed E-state index contributed by atoms with van der Waals surface area (Å²) in [6.07, 6.45) is -0.434. The highest BCUT2D eigenvalue weighted by molar-refractivity contribution is 7.91. The Morgan fingerprint density at radius 1 is 1.05 bits per heavy atom. The molecule has 3 rings (SSSR count). The summed E-state index contributed by atoms with van der Waals surface area (Å²) in [5.41, 5.74) is 0.900. The van der Waals surface area contributed by atoms with Gasteiger partial charge in [-0.15, -0.1) is 0 Å². The number of sulfone groups is 1. The van der Waals surface area contributed by atoms with Crippen molar-refractivity contribution in [2.75, 3.05) is 5.75 Å². The molecule has 0 radical (unpaired) electrons. The van der Waals surface area contributed by atoms with Crippen molar-refractivity contribution < 1.29 is 37.4 Å². The predicted octanol–water partition coefficient (Wildman–Crippen LogP) is 3.62. The molecule has 3 atom stereocenters. The lowest BCUT2D eigenvalue weighted by molar-refractivity contribution is -0.145. The van der Waals surface area contributed by atoms with Crippen LogP contribution in [0.5, 0.6) is 0 Å². The molecule has 12 heteroatoms. The van der Waals surface area contributed by atoms with E-state index in [1.165, 1.54) is 17.9 Å². The Morgan fingerprint density at radius 3 is 2.26 bits per heavy atom. The number of ether oxygens (including phenoxy) is 1. The van der Waals surface area contributed by atoms with Crippen LogP contribution >= 0.6 is 0 Å². The normalized spacial score (nSPS) is 17.0. The van der Waals surface area contributed by atoms with Gasteiger partial charge in [-0.1, -0.05) is 56.3 Å². The lowest BCUT2D eigenvalue weighted by atomic mass is 9.97. The Hall–Kier alpha value is -3.93. The van der Waals surface area contributed by atoms with E-state index in [0.717, 1.165) is 0 Å². The van der Waals surface area contributed by atoms with Crippen LogP contribution in [0.2, 0.25) is 0 Å². The topological polar surface area (TPSA) is 159 Å². The molecule has 0 saturated heterocycles. The van der Waals surface area contributed by atoms with Gasteiger partial charge in [0.15, 0.2) is 9.84 Å². The molecule has 3 amide bonds. The smallest absolute Gasteiger partial charge is 0.407 e. The standard InChI is InChI=1S/C31H41N3O8S/c1-19(2)14-24(29(37)38)33-28(36)25(16-21-10-8-7-9-11-21)34(20(3)35)26-18-43(40,41)27-13-12-22(15-23(26)27)17-32-30(39)42-31(4,5)6/h7-13,15,19,24-26H,14,16-18H2,1-6H3,(H,32,39)(H,33,36)(H,37,38)/t24-,25-,26?/m0/s1. The van der Waals surface area contributed by atoms with Gasteiger partial charge in [0, 0.05) is 19.9 Å². The third-order valence-electron chi connectivity index (χ3n) is 6.91. The van der Waals surface area contributed by atoms with Crippen molar-refractivity contribution in [1.29, 1.82) is 0 Å². The zero-order valence-electron chi connectivity index (χ0n) is 25.4. The van der Waals surface area contributed by atoms with Gasteiger partial charge in [-0.05, 0) is 55.9 Å². The molecule has 11 nitrogen and oxygen atoms in total. The van der Waals surface area contributed by atoms with Crippen molar-refractivity contribution in [1.82, 2.24) is 15.5 Å². The first-order valence-electron chi connectivity index (χ1n) is 14.2. The highest BCUT2D eigenvalue weighted by Crippen LogP contribution is 2.39. The summed E-state index contributed by atoms with van der Waals surface area (Å²) in [5.74, 6) is -2.92. The van der Waals surface area contributed by atoms with E-state index >= 15 is 0 Å². The van der Waals surface area contributed by atoms with E-state index in [0.29, 0.717) is 16.7 Å². The molecule has 234 valence electrons. The minimum absolute atomic E-state index is 0.0301. The molecule has 0 bridgehead atoms. The Balaban J connectivity index is 2.02. The van der Waals surface area contributed by atoms with Crippen molar-refractivity contribution in [2.24, 2.45) is 5.92 Å². The van der Waals surface area contributed by atoms with E-state index in [1.54, 1.807) is 63.2 Å². The number of carbonyl (C=O) groups is 4. The monoisotopic (exact) mass is 615 g/mol. The lowest BCUT2D eigenvalue weighted by Crippen LogP contribution is -2.55. The number of carboxylic acids is 1. The van der Waals surface area contributed by atoms with Crippen LogP contribution in [0.15, 0.2) is 53.4 Å². The minimum atomic E-state index is -3.82. The molecule has 2 aromatic carbocycles. The molecular weight excluding hydrogens is 574 g/mol. The van der Waals surface area contributed by atoms with E-state index < -0.39 is 63.2 Å². The maximum atomic E-state index is 13.8. The highest BCUT2D eigenvalue weighted by Gasteiger charge is 2.44. The van der Waals surface area contributed by atoms with Crippen LogP contribution in [-0.4, -0.2) is 65.7 Å². The fourth-order valence-corrected chi connectivity index (χ4v) is 6.89. The van der Waals surface area contributed by atoms with Gasteiger partial charge in [0.25, 0.3) is 0 Å². The van der Waals surface area contributed by atoms with Crippen LogP contribution in [-0.2, 0) is 41.9 Å². The van der Waals surface area contributed by atoms with Gasteiger partial charge >= 0.3 is 12.1 Å². The number of amides is 3. The Bertz CT molecular complexity index is 1450. The molecule has 0 saturated carbocycles. The quantitative estimate of drug-likeness (QED) is 0.346. The summed E-state index contributed by atoms with van der Waals surface area (Å²) >= 11 is 0. The molecule has 0 fully saturated rings. The second-order valence-electron chi connectivity index (χ2n) is 12.2. The fraction of sp³-hybridized carbons (Fsp3) is 0.484. The van der Waals surface area contributed by atoms with Crippen LogP contribution in [0.1, 0.15) is 70.7 Å². The number of hydrogen-bond donors (Lipinski definition) is 3. The van der Waals surface area contributed by atoms with E-state index in [-0.39, 0.29) is 30.2 Å². The molecule has 43 heavy (non-hydrogen) atoms. The van der Waals surface area contributed by atoms with Crippen LogP contribution < -0.4 is 10.6 Å². The molecule has 1 aliphatic heterocycles. The van der Waals surface area contributed by atoms with Gasteiger partial charge in [-0.2, -0.15) is 0 Å². The number of fused-ring (bicyclic) bond motifs is 1. The molecule has 0 aromatic heterocycles. The van der Waals surface area contributed by atoms with Gasteiger partial charge in [0.2, 0.25) is 11.8 Å². The molecule has 2 aromatic rings. The number of carboxylic acid groups (broad SMARTS) is 1. The summed E-state index contributed by atoms with van der Waals surface area (Å²) in [6, 6.07) is 10.1. The van der Waals surface area contributed by atoms with Gasteiger partial charge in [0.1, 0.15) is 17.7 Å². The largest absolute Gasteiger partial charge is 0.480 e. The number of nitrogens with one attached hydrogen (secondary N) is 2. The Morgan fingerprint density at radius 2 is 1.70 bits per heavy atom. The number of benzene rings is 2. The minimum Gasteiger partial charge on any atom is -0.480 e. The van der Waals surface area contributed by atoms with Crippen LogP contribution in [0.25, 0.3) is 0 Å². The summed E-state index contributed by atoms with van der Waals surface area (Å²) in [7, 11) is -3.82. The van der Waals surface area contributed by atoms with Crippen LogP contribution in [0.3, 0.4) is 0 Å². The Labute approximate surface area is 252 Å². The van der Waals surface area contributed by atoms with E-state index in [9.17, 15) is 32.7 Å². The number of carbonyl (C=O) groups excluding carboxylic acids is 3. The van der Waals surface area contributed by atoms with Crippen LogP contribution in [0, 0.1) is 5.92 Å². The molecule has 0 spiro atoms. The van der Waals surface area contributed by atoms with Gasteiger partial charge in [-0.25, -0.2) is 18.0 Å². The molecule has 1 unspecified atom stereocenters. The molecule has 3 N–H and O–H groups in total. The first kappa shape index (κ1) is 33.6. The van der Waals surface area contributed by atoms with E-state index in [4.69, 9.17) is 4.74 Å². The zero-order chi connectivity index (χ0) is 32.1. The first-order valence-corrected chi connectivity index (χ1v) is 15.8. The number of aliphatic carboxylic acids is 1. The lowest BCUT2D eigenvalue weighted by Gasteiger charge is -2.36. The number of nitrogens with zero attached hydrogens (tertiary/aromatic N) is 1. The van der Waals surface area contributed by atoms with Crippen molar-refractivity contribution in [3.63, 3.8) is 0 Å². The zero-order valence-corrected chi connectivity index (χ0v) is 26.2. The number of alkyl carbamates (subject to hydrolysis) is 1. The maximum absolute atomic E-state index is 13.8. The van der Waals surface area contributed by atoms with Crippen LogP contribution in [0.4, 0.5) is 4.79 Å². The second-order valence-corrected chi connectivity index (χ2v) is 14.2. The van der Waals surface area contributed by atoms with E-state index in [1.807, 2.05) is 13.8 Å². The SMILES string of the molecule is CC(=O)N(C1CS(=O)(=O)c2ccc(CNC(=O)OC(C)(C)C)cc21)[C@@H](Cc1ccccc1)C(=O)N[C@@H](CC(C)C)C(=O)O. The number of rotatable bonds is 11. The number of hydrogen-bond acceptors (Lipinski definition) is 7. The van der Waals surface area contributed by atoms with Crippen molar-refractivity contribution >= 4 is 33.7 Å². The fourth-order valence-electron chi connectivity index (χ4n) is 5.13. The molecule has 1 aliphatic rings. The van der Waals surface area contributed by atoms with Gasteiger partial charge < -0.3 is 25.4 Å². The maximum Gasteiger partial charge on any atom is 0.407 e. The van der Waals surface area contributed by atoms with Crippen molar-refractivity contribution in [3.05, 3.63) is 65.2 Å². The molecular formula is C31H41N3O8S. The summed E-state index contributed by atoms with van der Waals surface area (Å²) in [4.78, 5) is 52.5. The van der Waals surface area contributed by atoms with Crippen molar-refractivity contribution in [3.8, 4) is 0 Å². The molecule has 0 aliphatic carbocycles. The summed E-state index contributed by atoms with van der Waals surface area (Å²) < 4.78 is 31.8. The van der Waals surface area contributed by atoms with E-state index in [2.05, 4.69) is 10.6 Å². The summed E-state index contributed by atoms with van der Waals surface area (Å²) in [6.45, 7) is 10.2. The Kier molecular flexibility index (Phi) is 10.6. The second kappa shape index (κ2) is 13.6. The summed E-state index contributed by atoms with van der Waals surface area (Å²) in [5, 5.41) is 15.0. The third-order valence-corrected chi connectivity index (χ3v) is 8.71. The average molecular weight is 616 g/mol.